The van der Waals surface area contributed by atoms with Crippen LogP contribution in [0.25, 0.3) is 0 Å². The van der Waals surface area contributed by atoms with Crippen molar-refractivity contribution in [1.82, 2.24) is 15.5 Å². The molecule has 160 valence electrons. The number of rotatable bonds is 3. The Kier molecular flexibility index (Phi) is 3.64. The first kappa shape index (κ1) is 19.5. The number of alkyl halides is 3. The molecule has 1 saturated heterocycles. The van der Waals surface area contributed by atoms with E-state index in [-0.39, 0.29) is 5.96 Å². The maximum absolute atomic E-state index is 13.2. The van der Waals surface area contributed by atoms with E-state index >= 15 is 0 Å². The van der Waals surface area contributed by atoms with Crippen LogP contribution in [0.5, 0.6) is 0 Å². The number of hydrogen-bond donors (Lipinski definition) is 7. The summed E-state index contributed by atoms with van der Waals surface area (Å²) in [6.07, 6.45) is -5.64. The van der Waals surface area contributed by atoms with Crippen molar-refractivity contribution < 1.29 is 38.1 Å². The van der Waals surface area contributed by atoms with Crippen LogP contribution in [-0.4, -0.2) is 86.3 Å². The van der Waals surface area contributed by atoms with E-state index in [1.807, 2.05) is 5.32 Å². The van der Waals surface area contributed by atoms with Gasteiger partial charge in [0.1, 0.15) is 17.5 Å². The van der Waals surface area contributed by atoms with Gasteiger partial charge in [0, 0.05) is 6.54 Å². The number of hydrogen-bond acceptors (Lipinski definition) is 10. The third-order valence-corrected chi connectivity index (χ3v) is 6.00. The van der Waals surface area contributed by atoms with Crippen molar-refractivity contribution in [3.63, 3.8) is 0 Å². The highest BCUT2D eigenvalue weighted by Gasteiger charge is 2.75. The van der Waals surface area contributed by atoms with Crippen molar-refractivity contribution in [3.8, 4) is 0 Å². The van der Waals surface area contributed by atoms with Crippen LogP contribution in [0.15, 0.2) is 9.98 Å². The van der Waals surface area contributed by atoms with E-state index in [0.717, 1.165) is 4.90 Å². The van der Waals surface area contributed by atoms with Crippen LogP contribution in [0.4, 0.5) is 13.2 Å². The summed E-state index contributed by atoms with van der Waals surface area (Å²) in [4.78, 5) is 32.6. The summed E-state index contributed by atoms with van der Waals surface area (Å²) in [7, 11) is 0. The van der Waals surface area contributed by atoms with E-state index < -0.39 is 78.4 Å². The fraction of sp³-hybridized carbons (Fsp3) is 0.714. The van der Waals surface area contributed by atoms with E-state index in [1.165, 1.54) is 0 Å². The first-order valence-electron chi connectivity index (χ1n) is 8.55. The van der Waals surface area contributed by atoms with Crippen molar-refractivity contribution in [2.45, 2.75) is 48.6 Å². The molecule has 4 aliphatic rings. The van der Waals surface area contributed by atoms with E-state index in [9.17, 15) is 38.1 Å². The van der Waals surface area contributed by atoms with Gasteiger partial charge in [0.25, 0.3) is 0 Å². The van der Waals surface area contributed by atoms with Crippen molar-refractivity contribution >= 4 is 23.8 Å². The molecular weight excluding hydrogens is 403 g/mol. The minimum atomic E-state index is -4.80. The number of halogens is 3. The van der Waals surface area contributed by atoms with Gasteiger partial charge in [-0.15, -0.1) is 0 Å². The minimum Gasteiger partial charge on any atom is -0.480 e. The Morgan fingerprint density at radius 2 is 1.86 bits per heavy atom. The van der Waals surface area contributed by atoms with Crippen LogP contribution < -0.4 is 22.1 Å². The largest absolute Gasteiger partial charge is 0.480 e. The Morgan fingerprint density at radius 3 is 2.38 bits per heavy atom. The quantitative estimate of drug-likeness (QED) is 0.227. The zero-order valence-corrected chi connectivity index (χ0v) is 14.6. The molecule has 1 amide bonds. The number of guanidine groups is 2. The van der Waals surface area contributed by atoms with Crippen LogP contribution in [0.2, 0.25) is 0 Å². The maximum Gasteiger partial charge on any atom is 0.403 e. The Hall–Kier alpha value is -2.81. The molecule has 3 aliphatic heterocycles. The first-order valence-corrected chi connectivity index (χ1v) is 8.55. The summed E-state index contributed by atoms with van der Waals surface area (Å²) < 4.78 is 39.7. The SMILES string of the molecule is NC1=N[C@H]2[C@H](C(=O)O)N=C(N)N3C[C@H](NC(=O)C4(C(F)(F)F)CC4)C(O)(O)[C@]23N1. The zero-order valence-electron chi connectivity index (χ0n) is 14.6. The van der Waals surface area contributed by atoms with Crippen molar-refractivity contribution in [2.24, 2.45) is 26.9 Å². The molecule has 1 saturated carbocycles. The second kappa shape index (κ2) is 5.41. The molecule has 29 heavy (non-hydrogen) atoms. The maximum atomic E-state index is 13.2. The van der Waals surface area contributed by atoms with Gasteiger partial charge in [-0.25, -0.2) is 14.8 Å². The van der Waals surface area contributed by atoms with Crippen LogP contribution in [0.1, 0.15) is 12.8 Å². The lowest BCUT2D eigenvalue weighted by Gasteiger charge is -2.48. The number of nitrogens with one attached hydrogen (secondary N) is 2. The lowest BCUT2D eigenvalue weighted by Crippen LogP contribution is -2.78. The predicted molar refractivity (Wildman–Crippen MR) is 87.9 cm³/mol. The number of aliphatic imine (C=N–C) groups is 2. The average molecular weight is 421 g/mol. The molecule has 12 nitrogen and oxygen atoms in total. The summed E-state index contributed by atoms with van der Waals surface area (Å²) in [6, 6.07) is -4.79. The lowest BCUT2D eigenvalue weighted by atomic mass is 9.85. The first-order chi connectivity index (χ1) is 13.3. The highest BCUT2D eigenvalue weighted by molar-refractivity contribution is 5.92. The number of carbonyl (C=O) groups excluding carboxylic acids is 1. The molecule has 15 heteroatoms. The number of nitrogens with two attached hydrogens (primary N) is 2. The standard InChI is InChI=1S/C14H18F3N7O5/c15-14(16,17)11(1-2-11)8(27)20-4-3-24-10(19)21-5(7(25)26)6-12(24,13(4,28)29)23-9(18)22-6/h4-6,28-29H,1-3H2,(H2,19,21)(H,20,27)(H,25,26)(H3,18,22,23)/t4-,5+,6-,12-/m0/s1. The molecule has 1 spiro atoms. The molecule has 0 bridgehead atoms. The monoisotopic (exact) mass is 421 g/mol. The fourth-order valence-corrected chi connectivity index (χ4v) is 4.25. The topological polar surface area (TPSA) is 199 Å². The van der Waals surface area contributed by atoms with Crippen LogP contribution >= 0.6 is 0 Å². The number of aliphatic hydroxyl groups is 2. The van der Waals surface area contributed by atoms with Gasteiger partial charge in [0.2, 0.25) is 11.7 Å². The molecule has 0 aromatic heterocycles. The zero-order chi connectivity index (χ0) is 21.6. The molecule has 2 fully saturated rings. The molecule has 0 aromatic rings. The average Bonchev–Trinajstić information content (AvgIpc) is 3.29. The molecule has 0 unspecified atom stereocenters. The van der Waals surface area contributed by atoms with Crippen LogP contribution in [-0.2, 0) is 9.59 Å². The minimum absolute atomic E-state index is 0.343. The van der Waals surface area contributed by atoms with Gasteiger partial charge in [-0.2, -0.15) is 13.2 Å². The highest BCUT2D eigenvalue weighted by Crippen LogP contribution is 2.58. The van der Waals surface area contributed by atoms with Crippen LogP contribution in [0, 0.1) is 5.41 Å². The third-order valence-electron chi connectivity index (χ3n) is 6.00. The summed E-state index contributed by atoms with van der Waals surface area (Å²) in [5.41, 5.74) is 6.69. The van der Waals surface area contributed by atoms with Crippen molar-refractivity contribution in [2.75, 3.05) is 6.54 Å². The van der Waals surface area contributed by atoms with Crippen LogP contribution in [0.3, 0.4) is 0 Å². The number of carboxylic acid groups (broad SMARTS) is 1. The Bertz CT molecular complexity index is 855. The number of amides is 1. The normalized spacial score (nSPS) is 36.3. The Morgan fingerprint density at radius 1 is 1.24 bits per heavy atom. The predicted octanol–water partition coefficient (Wildman–Crippen LogP) is -3.43. The van der Waals surface area contributed by atoms with Gasteiger partial charge in [-0.1, -0.05) is 0 Å². The van der Waals surface area contributed by atoms with Gasteiger partial charge < -0.3 is 42.3 Å². The Balaban J connectivity index is 1.70. The van der Waals surface area contributed by atoms with Gasteiger partial charge >= 0.3 is 12.1 Å². The molecule has 4 atom stereocenters. The van der Waals surface area contributed by atoms with Gasteiger partial charge in [0.05, 0.1) is 0 Å². The molecule has 1 aliphatic carbocycles. The van der Waals surface area contributed by atoms with Gasteiger partial charge in [0.15, 0.2) is 23.6 Å². The lowest BCUT2D eigenvalue weighted by molar-refractivity contribution is -0.234. The number of aliphatic carboxylic acids is 1. The number of carboxylic acids is 1. The third kappa shape index (κ3) is 2.27. The molecule has 4 rings (SSSR count). The summed E-state index contributed by atoms with van der Waals surface area (Å²) in [6.45, 7) is -0.472. The summed E-state index contributed by atoms with van der Waals surface area (Å²) in [5, 5.41) is 35.7. The van der Waals surface area contributed by atoms with E-state index in [4.69, 9.17) is 11.5 Å². The Labute approximate surface area is 160 Å². The van der Waals surface area contributed by atoms with Crippen molar-refractivity contribution in [3.05, 3.63) is 0 Å². The molecule has 3 heterocycles. The van der Waals surface area contributed by atoms with E-state index in [1.54, 1.807) is 0 Å². The second-order valence-corrected chi connectivity index (χ2v) is 7.56. The number of carbonyl (C=O) groups is 2. The van der Waals surface area contributed by atoms with Gasteiger partial charge in [-0.05, 0) is 12.8 Å². The van der Waals surface area contributed by atoms with Crippen molar-refractivity contribution in [1.29, 1.82) is 0 Å². The fourth-order valence-electron chi connectivity index (χ4n) is 4.25. The smallest absolute Gasteiger partial charge is 0.403 e. The molecular formula is C14H18F3N7O5. The molecule has 0 aromatic carbocycles. The summed E-state index contributed by atoms with van der Waals surface area (Å²) >= 11 is 0. The number of nitrogens with zero attached hydrogens (tertiary/aromatic N) is 3. The summed E-state index contributed by atoms with van der Waals surface area (Å²) in [5.74, 6) is -6.65. The van der Waals surface area contributed by atoms with Gasteiger partial charge in [-0.3, -0.25) is 4.79 Å². The highest BCUT2D eigenvalue weighted by atomic mass is 19.4. The molecule has 9 N–H and O–H groups in total. The van der Waals surface area contributed by atoms with E-state index in [2.05, 4.69) is 15.3 Å². The van der Waals surface area contributed by atoms with E-state index in [0.29, 0.717) is 0 Å². The second-order valence-electron chi connectivity index (χ2n) is 7.56. The molecule has 0 radical (unpaired) electrons.